The molecule has 1 unspecified atom stereocenters. The molecule has 0 aliphatic heterocycles. The largest absolute Gasteiger partial charge is 0.504 e. The summed E-state index contributed by atoms with van der Waals surface area (Å²) in [4.78, 5) is 11.5. The number of aromatic hydroxyl groups is 2. The van der Waals surface area contributed by atoms with Crippen molar-refractivity contribution in [3.8, 4) is 11.5 Å². The average molecular weight is 281 g/mol. The summed E-state index contributed by atoms with van der Waals surface area (Å²) >= 11 is 0. The molecule has 1 aromatic rings. The van der Waals surface area contributed by atoms with Crippen LogP contribution in [-0.2, 0) is 11.2 Å². The molecule has 0 radical (unpaired) electrons. The summed E-state index contributed by atoms with van der Waals surface area (Å²) in [5, 5.41) is 21.4. The van der Waals surface area contributed by atoms with Gasteiger partial charge < -0.3 is 20.3 Å². The van der Waals surface area contributed by atoms with Gasteiger partial charge in [-0.3, -0.25) is 0 Å². The Morgan fingerprint density at radius 2 is 1.95 bits per heavy atom. The van der Waals surface area contributed by atoms with Crippen LogP contribution in [0.4, 0.5) is 4.79 Å². The highest BCUT2D eigenvalue weighted by Crippen LogP contribution is 2.25. The van der Waals surface area contributed by atoms with Gasteiger partial charge in [-0.05, 0) is 50.8 Å². The maximum atomic E-state index is 11.5. The number of carbonyl (C=O) groups is 1. The lowest BCUT2D eigenvalue weighted by atomic mass is 10.0. The smallest absolute Gasteiger partial charge is 0.407 e. The summed E-state index contributed by atoms with van der Waals surface area (Å²) in [5.74, 6) is -0.0745. The fourth-order valence-electron chi connectivity index (χ4n) is 1.74. The Morgan fingerprint density at radius 1 is 1.30 bits per heavy atom. The Kier molecular flexibility index (Phi) is 5.25. The molecule has 112 valence electrons. The number of amides is 1. The van der Waals surface area contributed by atoms with Crippen LogP contribution in [0.1, 0.15) is 33.3 Å². The van der Waals surface area contributed by atoms with Crippen LogP contribution in [0.15, 0.2) is 18.2 Å². The molecular weight excluding hydrogens is 258 g/mol. The van der Waals surface area contributed by atoms with Gasteiger partial charge in [-0.15, -0.1) is 0 Å². The van der Waals surface area contributed by atoms with E-state index in [2.05, 4.69) is 5.32 Å². The lowest BCUT2D eigenvalue weighted by molar-refractivity contribution is 0.0520. The predicted octanol–water partition coefficient (Wildman–Crippen LogP) is 2.80. The molecule has 1 rings (SSSR count). The number of phenolic OH excluding ortho intramolecular Hbond substituents is 2. The van der Waals surface area contributed by atoms with Gasteiger partial charge in [-0.1, -0.05) is 13.0 Å². The molecule has 1 atom stereocenters. The normalized spacial score (nSPS) is 12.8. The molecule has 5 heteroatoms. The summed E-state index contributed by atoms with van der Waals surface area (Å²) in [5.41, 5.74) is 0.398. The van der Waals surface area contributed by atoms with Crippen LogP contribution in [0.3, 0.4) is 0 Å². The van der Waals surface area contributed by atoms with Crippen LogP contribution in [0, 0.1) is 5.92 Å². The molecule has 1 aromatic carbocycles. The quantitative estimate of drug-likeness (QED) is 0.741. The minimum absolute atomic E-state index is 0.130. The van der Waals surface area contributed by atoms with Crippen molar-refractivity contribution in [3.05, 3.63) is 23.8 Å². The summed E-state index contributed by atoms with van der Waals surface area (Å²) in [6.45, 7) is 7.91. The van der Waals surface area contributed by atoms with E-state index < -0.39 is 11.7 Å². The first-order valence-corrected chi connectivity index (χ1v) is 6.65. The van der Waals surface area contributed by atoms with Crippen LogP contribution >= 0.6 is 0 Å². The summed E-state index contributed by atoms with van der Waals surface area (Å²) in [6.07, 6.45) is 0.252. The van der Waals surface area contributed by atoms with E-state index in [1.54, 1.807) is 6.07 Å². The van der Waals surface area contributed by atoms with Crippen molar-refractivity contribution in [1.82, 2.24) is 5.32 Å². The predicted molar refractivity (Wildman–Crippen MR) is 76.9 cm³/mol. The third kappa shape index (κ3) is 5.82. The Balaban J connectivity index is 2.42. The second-order valence-electron chi connectivity index (χ2n) is 6.02. The molecule has 20 heavy (non-hydrogen) atoms. The molecule has 3 N–H and O–H groups in total. The van der Waals surface area contributed by atoms with Crippen molar-refractivity contribution in [2.75, 3.05) is 6.54 Å². The number of hydrogen-bond donors (Lipinski definition) is 3. The zero-order valence-electron chi connectivity index (χ0n) is 12.4. The van der Waals surface area contributed by atoms with E-state index in [4.69, 9.17) is 4.74 Å². The number of rotatable bonds is 4. The van der Waals surface area contributed by atoms with Crippen molar-refractivity contribution >= 4 is 6.09 Å². The van der Waals surface area contributed by atoms with Gasteiger partial charge in [0.15, 0.2) is 11.5 Å². The van der Waals surface area contributed by atoms with Gasteiger partial charge in [-0.25, -0.2) is 4.79 Å². The molecule has 0 fully saturated rings. The van der Waals surface area contributed by atoms with E-state index in [-0.39, 0.29) is 17.4 Å². The van der Waals surface area contributed by atoms with Crippen LogP contribution in [-0.4, -0.2) is 28.5 Å². The van der Waals surface area contributed by atoms with Crippen molar-refractivity contribution in [1.29, 1.82) is 0 Å². The van der Waals surface area contributed by atoms with Gasteiger partial charge in [0.2, 0.25) is 0 Å². The number of nitrogens with one attached hydrogen (secondary N) is 1. The number of hydrogen-bond acceptors (Lipinski definition) is 4. The van der Waals surface area contributed by atoms with E-state index in [1.165, 1.54) is 12.1 Å². The molecule has 0 saturated heterocycles. The second kappa shape index (κ2) is 6.50. The van der Waals surface area contributed by atoms with Crippen molar-refractivity contribution in [2.45, 2.75) is 39.7 Å². The highest BCUT2D eigenvalue weighted by Gasteiger charge is 2.16. The molecule has 0 saturated carbocycles. The number of benzene rings is 1. The third-order valence-corrected chi connectivity index (χ3v) is 2.62. The van der Waals surface area contributed by atoms with E-state index in [1.807, 2.05) is 27.7 Å². The third-order valence-electron chi connectivity index (χ3n) is 2.62. The fraction of sp³-hybridized carbons (Fsp3) is 0.533. The number of phenols is 2. The van der Waals surface area contributed by atoms with Gasteiger partial charge in [0.05, 0.1) is 0 Å². The summed E-state index contributed by atoms with van der Waals surface area (Å²) < 4.78 is 5.15. The van der Waals surface area contributed by atoms with Gasteiger partial charge >= 0.3 is 6.09 Å². The van der Waals surface area contributed by atoms with Gasteiger partial charge in [-0.2, -0.15) is 0 Å². The van der Waals surface area contributed by atoms with Crippen molar-refractivity contribution in [3.63, 3.8) is 0 Å². The van der Waals surface area contributed by atoms with Crippen LogP contribution in [0.25, 0.3) is 0 Å². The summed E-state index contributed by atoms with van der Waals surface area (Å²) in [6, 6.07) is 4.73. The fourth-order valence-corrected chi connectivity index (χ4v) is 1.74. The Hall–Kier alpha value is -1.91. The van der Waals surface area contributed by atoms with E-state index in [0.29, 0.717) is 13.0 Å². The molecule has 5 nitrogen and oxygen atoms in total. The minimum atomic E-state index is -0.504. The zero-order valence-corrected chi connectivity index (χ0v) is 12.4. The molecule has 1 amide bonds. The Morgan fingerprint density at radius 3 is 2.50 bits per heavy atom. The lowest BCUT2D eigenvalue weighted by Gasteiger charge is -2.20. The van der Waals surface area contributed by atoms with E-state index in [9.17, 15) is 15.0 Å². The first-order valence-electron chi connectivity index (χ1n) is 6.65. The molecule has 0 aliphatic rings. The zero-order chi connectivity index (χ0) is 15.3. The lowest BCUT2D eigenvalue weighted by Crippen LogP contribution is -2.35. The Labute approximate surface area is 119 Å². The average Bonchev–Trinajstić information content (AvgIpc) is 2.29. The summed E-state index contributed by atoms with van der Waals surface area (Å²) in [7, 11) is 0. The van der Waals surface area contributed by atoms with Crippen molar-refractivity contribution in [2.24, 2.45) is 5.92 Å². The number of carbonyl (C=O) groups excluding carboxylic acids is 1. The first-order chi connectivity index (χ1) is 9.17. The number of ether oxygens (including phenoxy) is 1. The molecule has 0 heterocycles. The minimum Gasteiger partial charge on any atom is -0.504 e. The van der Waals surface area contributed by atoms with Crippen LogP contribution in [0.5, 0.6) is 11.5 Å². The van der Waals surface area contributed by atoms with Crippen molar-refractivity contribution < 1.29 is 19.7 Å². The van der Waals surface area contributed by atoms with Crippen LogP contribution < -0.4 is 5.32 Å². The molecule has 0 bridgehead atoms. The highest BCUT2D eigenvalue weighted by molar-refractivity contribution is 5.67. The monoisotopic (exact) mass is 281 g/mol. The first kappa shape index (κ1) is 16.1. The maximum absolute atomic E-state index is 11.5. The van der Waals surface area contributed by atoms with Crippen LogP contribution in [0.2, 0.25) is 0 Å². The van der Waals surface area contributed by atoms with Gasteiger partial charge in [0.25, 0.3) is 0 Å². The molecule has 0 aliphatic carbocycles. The van der Waals surface area contributed by atoms with E-state index in [0.717, 1.165) is 5.56 Å². The molecule has 0 spiro atoms. The Bertz CT molecular complexity index is 465. The molecular formula is C15H23NO4. The second-order valence-corrected chi connectivity index (χ2v) is 6.02. The van der Waals surface area contributed by atoms with Gasteiger partial charge in [0, 0.05) is 6.54 Å². The number of alkyl carbamates (subject to hydrolysis) is 1. The SMILES string of the molecule is CC(CNC(=O)OC(C)(C)C)Cc1ccc(O)c(O)c1. The maximum Gasteiger partial charge on any atom is 0.407 e. The van der Waals surface area contributed by atoms with Gasteiger partial charge in [0.1, 0.15) is 5.60 Å². The topological polar surface area (TPSA) is 78.8 Å². The molecule has 0 aromatic heterocycles. The van der Waals surface area contributed by atoms with E-state index >= 15 is 0 Å². The highest BCUT2D eigenvalue weighted by atomic mass is 16.6. The standard InChI is InChI=1S/C15H23NO4/c1-10(9-16-14(19)20-15(2,3)4)7-11-5-6-12(17)13(18)8-11/h5-6,8,10,17-18H,7,9H2,1-4H3,(H,16,19).